The van der Waals surface area contributed by atoms with Crippen LogP contribution in [0.1, 0.15) is 20.7 Å². The number of aromatic hydroxyl groups is 1. The van der Waals surface area contributed by atoms with E-state index in [4.69, 9.17) is 20.9 Å². The Bertz CT molecular complexity index is 1670. The Hall–Kier alpha value is -5.96. The van der Waals surface area contributed by atoms with Crippen LogP contribution in [0.25, 0.3) is 0 Å². The van der Waals surface area contributed by atoms with Gasteiger partial charge in [0.2, 0.25) is 0 Å². The van der Waals surface area contributed by atoms with Crippen molar-refractivity contribution in [3.63, 3.8) is 0 Å². The molecule has 5 aromatic rings. The monoisotopic (exact) mass is 546 g/mol. The Morgan fingerprint density at radius 2 is 0.927 bits per heavy atom. The van der Waals surface area contributed by atoms with Crippen molar-refractivity contribution in [1.82, 2.24) is 0 Å². The van der Waals surface area contributed by atoms with Crippen molar-refractivity contribution in [2.24, 2.45) is 0 Å². The van der Waals surface area contributed by atoms with Gasteiger partial charge in [0, 0.05) is 28.3 Å². The molecule has 0 aliphatic carbocycles. The number of carbonyl (C=O) groups excluding carboxylic acids is 2. The molecule has 0 aliphatic heterocycles. The Labute approximate surface area is 236 Å². The Morgan fingerprint density at radius 3 is 1.37 bits per heavy atom. The standard InChI is InChI=1S/C32H26N4O5/c33-21-2-10-25(11-3-21)40-27-14-6-23(7-15-27)35-31(38)20-1-18-30(37)29(19-20)32(39)36-24-8-16-28(17-9-24)41-26-12-4-22(34)5-13-26/h1-19,37H,33-34H2,(H,35,38)(H,36,39). The first-order valence-electron chi connectivity index (χ1n) is 12.5. The molecule has 0 unspecified atom stereocenters. The largest absolute Gasteiger partial charge is 0.507 e. The highest BCUT2D eigenvalue weighted by Gasteiger charge is 2.16. The second-order valence-corrected chi connectivity index (χ2v) is 9.03. The minimum absolute atomic E-state index is 0.0490. The minimum atomic E-state index is -0.575. The fraction of sp³-hybridized carbons (Fsp3) is 0. The number of nitrogens with one attached hydrogen (secondary N) is 2. The van der Waals surface area contributed by atoms with Crippen LogP contribution in [0, 0.1) is 0 Å². The number of carbonyl (C=O) groups is 2. The third-order valence-corrected chi connectivity index (χ3v) is 5.96. The number of rotatable bonds is 8. The van der Waals surface area contributed by atoms with Gasteiger partial charge in [0.05, 0.1) is 5.56 Å². The van der Waals surface area contributed by atoms with Gasteiger partial charge in [0.1, 0.15) is 28.7 Å². The molecular formula is C32H26N4O5. The molecule has 9 heteroatoms. The van der Waals surface area contributed by atoms with E-state index in [-0.39, 0.29) is 16.9 Å². The average molecular weight is 547 g/mol. The average Bonchev–Trinajstić information content (AvgIpc) is 2.97. The predicted octanol–water partition coefficient (Wildman–Crippen LogP) is 6.65. The van der Waals surface area contributed by atoms with Crippen molar-refractivity contribution < 1.29 is 24.2 Å². The number of ether oxygens (including phenoxy) is 2. The molecule has 0 atom stereocenters. The summed E-state index contributed by atoms with van der Waals surface area (Å²) in [6.45, 7) is 0. The quantitative estimate of drug-likeness (QED) is 0.137. The molecule has 2 amide bonds. The maximum atomic E-state index is 12.9. The number of phenols is 1. The second kappa shape index (κ2) is 11.8. The lowest BCUT2D eigenvalue weighted by molar-refractivity contribution is 0.102. The molecule has 0 aliphatic rings. The molecule has 41 heavy (non-hydrogen) atoms. The van der Waals surface area contributed by atoms with Gasteiger partial charge in [-0.1, -0.05) is 0 Å². The van der Waals surface area contributed by atoms with Crippen molar-refractivity contribution in [2.45, 2.75) is 0 Å². The summed E-state index contributed by atoms with van der Waals surface area (Å²) in [5, 5.41) is 15.8. The van der Waals surface area contributed by atoms with Gasteiger partial charge in [-0.2, -0.15) is 0 Å². The Balaban J connectivity index is 1.20. The molecule has 0 bridgehead atoms. The number of nitrogens with two attached hydrogens (primary N) is 2. The third-order valence-electron chi connectivity index (χ3n) is 5.96. The van der Waals surface area contributed by atoms with E-state index in [1.807, 2.05) is 0 Å². The van der Waals surface area contributed by atoms with E-state index < -0.39 is 11.8 Å². The fourth-order valence-corrected chi connectivity index (χ4v) is 3.82. The lowest BCUT2D eigenvalue weighted by Gasteiger charge is -2.11. The summed E-state index contributed by atoms with van der Waals surface area (Å²) in [7, 11) is 0. The van der Waals surface area contributed by atoms with Gasteiger partial charge in [-0.3, -0.25) is 9.59 Å². The first-order chi connectivity index (χ1) is 19.8. The molecule has 0 radical (unpaired) electrons. The Morgan fingerprint density at radius 1 is 0.537 bits per heavy atom. The lowest BCUT2D eigenvalue weighted by Crippen LogP contribution is -2.15. The van der Waals surface area contributed by atoms with Crippen molar-refractivity contribution in [2.75, 3.05) is 22.1 Å². The van der Waals surface area contributed by atoms with E-state index in [1.165, 1.54) is 18.2 Å². The number of anilines is 4. The van der Waals surface area contributed by atoms with Crippen LogP contribution in [0.5, 0.6) is 28.7 Å². The van der Waals surface area contributed by atoms with E-state index in [2.05, 4.69) is 10.6 Å². The summed E-state index contributed by atoms with van der Waals surface area (Å²) < 4.78 is 11.5. The van der Waals surface area contributed by atoms with E-state index in [9.17, 15) is 14.7 Å². The van der Waals surface area contributed by atoms with E-state index in [0.717, 1.165) is 0 Å². The molecule has 0 saturated carbocycles. The van der Waals surface area contributed by atoms with Crippen LogP contribution in [0.4, 0.5) is 22.7 Å². The zero-order valence-corrected chi connectivity index (χ0v) is 21.7. The molecule has 0 fully saturated rings. The summed E-state index contributed by atoms with van der Waals surface area (Å²) in [5.41, 5.74) is 13.8. The fourth-order valence-electron chi connectivity index (χ4n) is 3.82. The molecule has 0 aromatic heterocycles. The summed E-state index contributed by atoms with van der Waals surface area (Å²) >= 11 is 0. The summed E-state index contributed by atoms with van der Waals surface area (Å²) in [6.07, 6.45) is 0. The number of nitrogen functional groups attached to an aromatic ring is 2. The van der Waals surface area contributed by atoms with Crippen LogP contribution in [0.2, 0.25) is 0 Å². The highest BCUT2D eigenvalue weighted by molar-refractivity contribution is 6.10. The van der Waals surface area contributed by atoms with Gasteiger partial charge in [-0.15, -0.1) is 0 Å². The molecule has 7 N–H and O–H groups in total. The van der Waals surface area contributed by atoms with Crippen molar-refractivity contribution in [1.29, 1.82) is 0 Å². The van der Waals surface area contributed by atoms with E-state index in [1.54, 1.807) is 97.1 Å². The molecule has 0 heterocycles. The highest BCUT2D eigenvalue weighted by atomic mass is 16.5. The van der Waals surface area contributed by atoms with Crippen LogP contribution >= 0.6 is 0 Å². The van der Waals surface area contributed by atoms with Gasteiger partial charge < -0.3 is 36.7 Å². The zero-order valence-electron chi connectivity index (χ0n) is 21.7. The van der Waals surface area contributed by atoms with Crippen LogP contribution in [0.15, 0.2) is 115 Å². The van der Waals surface area contributed by atoms with Crippen molar-refractivity contribution >= 4 is 34.6 Å². The normalized spacial score (nSPS) is 10.4. The van der Waals surface area contributed by atoms with Crippen LogP contribution in [0.3, 0.4) is 0 Å². The maximum absolute atomic E-state index is 12.9. The van der Waals surface area contributed by atoms with E-state index >= 15 is 0 Å². The van der Waals surface area contributed by atoms with Gasteiger partial charge in [-0.25, -0.2) is 0 Å². The van der Waals surface area contributed by atoms with Gasteiger partial charge in [0.25, 0.3) is 11.8 Å². The SMILES string of the molecule is Nc1ccc(Oc2ccc(NC(=O)c3ccc(O)c(C(=O)Nc4ccc(Oc5ccc(N)cc5)cc4)c3)cc2)cc1. The summed E-state index contributed by atoms with van der Waals surface area (Å²) in [4.78, 5) is 25.8. The van der Waals surface area contributed by atoms with Crippen molar-refractivity contribution in [3.05, 3.63) is 126 Å². The summed E-state index contributed by atoms with van der Waals surface area (Å²) in [6, 6.07) is 31.6. The van der Waals surface area contributed by atoms with Crippen molar-refractivity contribution in [3.8, 4) is 28.7 Å². The highest BCUT2D eigenvalue weighted by Crippen LogP contribution is 2.27. The predicted molar refractivity (Wildman–Crippen MR) is 159 cm³/mol. The third kappa shape index (κ3) is 6.92. The van der Waals surface area contributed by atoms with Crippen LogP contribution < -0.4 is 31.6 Å². The summed E-state index contributed by atoms with van der Waals surface area (Å²) in [5.74, 6) is 1.13. The second-order valence-electron chi connectivity index (χ2n) is 9.03. The first-order valence-corrected chi connectivity index (χ1v) is 12.5. The number of benzene rings is 5. The smallest absolute Gasteiger partial charge is 0.259 e. The number of phenolic OH excluding ortho intramolecular Hbond substituents is 1. The van der Waals surface area contributed by atoms with Gasteiger partial charge in [0.15, 0.2) is 0 Å². The Kier molecular flexibility index (Phi) is 7.69. The number of hydrogen-bond acceptors (Lipinski definition) is 7. The molecule has 9 nitrogen and oxygen atoms in total. The lowest BCUT2D eigenvalue weighted by atomic mass is 10.1. The topological polar surface area (TPSA) is 149 Å². The minimum Gasteiger partial charge on any atom is -0.507 e. The first kappa shape index (κ1) is 26.6. The number of amides is 2. The molecular weight excluding hydrogens is 520 g/mol. The zero-order chi connectivity index (χ0) is 28.8. The molecule has 204 valence electrons. The number of hydrogen-bond donors (Lipinski definition) is 5. The van der Waals surface area contributed by atoms with Crippen LogP contribution in [-0.4, -0.2) is 16.9 Å². The molecule has 5 aromatic carbocycles. The molecule has 5 rings (SSSR count). The molecule has 0 saturated heterocycles. The van der Waals surface area contributed by atoms with Crippen LogP contribution in [-0.2, 0) is 0 Å². The van der Waals surface area contributed by atoms with E-state index in [0.29, 0.717) is 45.7 Å². The maximum Gasteiger partial charge on any atom is 0.259 e. The molecule has 0 spiro atoms. The van der Waals surface area contributed by atoms with Gasteiger partial charge in [-0.05, 0) is 115 Å². The van der Waals surface area contributed by atoms with Gasteiger partial charge >= 0.3 is 0 Å².